The number of carbonyl (C=O) groups excluding carboxylic acids is 2. The molecule has 2 heterocycles. The van der Waals surface area contributed by atoms with Crippen molar-refractivity contribution in [1.82, 2.24) is 9.55 Å². The summed E-state index contributed by atoms with van der Waals surface area (Å²) >= 11 is 2.78. The van der Waals surface area contributed by atoms with Gasteiger partial charge in [0, 0.05) is 22.2 Å². The minimum absolute atomic E-state index is 0.0462. The summed E-state index contributed by atoms with van der Waals surface area (Å²) in [5, 5.41) is 3.93. The van der Waals surface area contributed by atoms with Crippen LogP contribution in [-0.4, -0.2) is 34.2 Å². The molecule has 2 aromatic heterocycles. The minimum Gasteiger partial charge on any atom is -0.497 e. The second-order valence-corrected chi connectivity index (χ2v) is 10.4. The molecule has 0 unspecified atom stereocenters. The maximum Gasteiger partial charge on any atom is 0.267 e. The quantitative estimate of drug-likeness (QED) is 0.279. The Labute approximate surface area is 215 Å². The lowest BCUT2D eigenvalue weighted by Gasteiger charge is -2.14. The number of thioether (sulfide) groups is 1. The molecule has 0 fully saturated rings. The molecule has 0 spiro atoms. The number of rotatable bonds is 7. The number of ether oxygens (including phenoxy) is 1. The summed E-state index contributed by atoms with van der Waals surface area (Å²) in [6, 6.07) is 13.6. The maximum atomic E-state index is 13.8. The number of methoxy groups -OCH3 is 1. The van der Waals surface area contributed by atoms with E-state index in [1.54, 1.807) is 53.3 Å². The molecule has 3 N–H and O–H groups in total. The van der Waals surface area contributed by atoms with Crippen molar-refractivity contribution < 1.29 is 14.3 Å². The van der Waals surface area contributed by atoms with Crippen LogP contribution in [0.3, 0.4) is 0 Å². The number of thiophene rings is 1. The molecule has 2 amide bonds. The van der Waals surface area contributed by atoms with E-state index in [2.05, 4.69) is 5.32 Å². The molecule has 2 aromatic carbocycles. The Hall–Kier alpha value is -3.63. The number of anilines is 1. The molecule has 4 aromatic rings. The Bertz CT molecular complexity index is 1530. The van der Waals surface area contributed by atoms with Gasteiger partial charge in [-0.15, -0.1) is 11.3 Å². The van der Waals surface area contributed by atoms with Crippen LogP contribution >= 0.6 is 23.1 Å². The van der Waals surface area contributed by atoms with Gasteiger partial charge in [-0.05, 0) is 67.6 Å². The van der Waals surface area contributed by atoms with Crippen molar-refractivity contribution in [3.05, 3.63) is 74.9 Å². The van der Waals surface area contributed by atoms with Gasteiger partial charge < -0.3 is 15.8 Å². The first-order chi connectivity index (χ1) is 17.4. The highest BCUT2D eigenvalue weighted by atomic mass is 32.2. The van der Waals surface area contributed by atoms with Crippen molar-refractivity contribution in [2.24, 2.45) is 5.73 Å². The molecule has 0 atom stereocenters. The first-order valence-electron chi connectivity index (χ1n) is 11.5. The molecule has 1 aliphatic rings. The number of fused-ring (bicyclic) bond motifs is 3. The fraction of sp³-hybridized carbons (Fsp3) is 0.231. The molecular formula is C26H24N4O4S2. The molecule has 0 saturated heterocycles. The third kappa shape index (κ3) is 4.74. The second-order valence-electron chi connectivity index (χ2n) is 8.41. The third-order valence-corrected chi connectivity index (χ3v) is 8.18. The Morgan fingerprint density at radius 1 is 1.17 bits per heavy atom. The minimum atomic E-state index is -0.532. The first kappa shape index (κ1) is 24.1. The van der Waals surface area contributed by atoms with Crippen molar-refractivity contribution in [3.8, 4) is 11.4 Å². The van der Waals surface area contributed by atoms with E-state index >= 15 is 0 Å². The van der Waals surface area contributed by atoms with E-state index in [0.29, 0.717) is 33.2 Å². The Balaban J connectivity index is 1.48. The standard InChI is InChI=1S/C26H24N4O4S2/c1-34-18-6-4-5-17(13-18)30-25(33)22-19-7-2-3-8-20(19)36-24(22)29-26(30)35-14-21(31)28-16-11-9-15(10-12-16)23(27)32/h4-6,9-13H,2-3,7-8,14H2,1H3,(H2,27,32)(H,28,31). The normalized spacial score (nSPS) is 12.8. The number of aromatic nitrogens is 2. The van der Waals surface area contributed by atoms with Crippen molar-refractivity contribution in [1.29, 1.82) is 0 Å². The molecule has 184 valence electrons. The van der Waals surface area contributed by atoms with Crippen LogP contribution in [0.1, 0.15) is 33.6 Å². The molecule has 0 saturated carbocycles. The van der Waals surface area contributed by atoms with Crippen LogP contribution in [0.25, 0.3) is 15.9 Å². The van der Waals surface area contributed by atoms with Crippen LogP contribution < -0.4 is 21.3 Å². The molecular weight excluding hydrogens is 496 g/mol. The number of nitrogens with one attached hydrogen (secondary N) is 1. The summed E-state index contributed by atoms with van der Waals surface area (Å²) in [7, 11) is 1.58. The second kappa shape index (κ2) is 10.2. The number of hydrogen-bond acceptors (Lipinski definition) is 7. The summed E-state index contributed by atoms with van der Waals surface area (Å²) in [4.78, 5) is 44.6. The predicted octanol–water partition coefficient (Wildman–Crippen LogP) is 4.16. The Morgan fingerprint density at radius 3 is 2.69 bits per heavy atom. The number of benzene rings is 2. The highest BCUT2D eigenvalue weighted by Gasteiger charge is 2.23. The molecule has 0 bridgehead atoms. The number of aryl methyl sites for hydroxylation is 2. The summed E-state index contributed by atoms with van der Waals surface area (Å²) in [5.41, 5.74) is 7.80. The molecule has 5 rings (SSSR count). The van der Waals surface area contributed by atoms with Crippen LogP contribution in [0.5, 0.6) is 5.75 Å². The van der Waals surface area contributed by atoms with Gasteiger partial charge >= 0.3 is 0 Å². The lowest BCUT2D eigenvalue weighted by Crippen LogP contribution is -2.23. The molecule has 0 radical (unpaired) electrons. The van der Waals surface area contributed by atoms with Crippen molar-refractivity contribution in [2.45, 2.75) is 30.8 Å². The van der Waals surface area contributed by atoms with Gasteiger partial charge in [0.25, 0.3) is 5.56 Å². The van der Waals surface area contributed by atoms with E-state index in [-0.39, 0.29) is 17.2 Å². The number of nitrogens with two attached hydrogens (primary N) is 1. The van der Waals surface area contributed by atoms with Crippen molar-refractivity contribution in [2.75, 3.05) is 18.2 Å². The smallest absolute Gasteiger partial charge is 0.267 e. The van der Waals surface area contributed by atoms with Gasteiger partial charge in [-0.2, -0.15) is 0 Å². The highest BCUT2D eigenvalue weighted by Crippen LogP contribution is 2.35. The van der Waals surface area contributed by atoms with E-state index in [4.69, 9.17) is 15.5 Å². The van der Waals surface area contributed by atoms with E-state index in [1.807, 2.05) is 18.2 Å². The van der Waals surface area contributed by atoms with E-state index in [1.165, 1.54) is 16.6 Å². The van der Waals surface area contributed by atoms with Crippen LogP contribution in [-0.2, 0) is 17.6 Å². The average Bonchev–Trinajstić information content (AvgIpc) is 3.26. The van der Waals surface area contributed by atoms with Gasteiger partial charge in [-0.3, -0.25) is 19.0 Å². The summed E-state index contributed by atoms with van der Waals surface area (Å²) in [5.74, 6) is -0.121. The first-order valence-corrected chi connectivity index (χ1v) is 13.3. The summed E-state index contributed by atoms with van der Waals surface area (Å²) in [6.45, 7) is 0. The zero-order chi connectivity index (χ0) is 25.2. The fourth-order valence-corrected chi connectivity index (χ4v) is 6.42. The zero-order valence-corrected chi connectivity index (χ0v) is 21.2. The van der Waals surface area contributed by atoms with Crippen molar-refractivity contribution in [3.63, 3.8) is 0 Å². The molecule has 8 nitrogen and oxygen atoms in total. The number of nitrogens with zero attached hydrogens (tertiary/aromatic N) is 2. The van der Waals surface area contributed by atoms with Crippen LogP contribution in [0.15, 0.2) is 58.5 Å². The number of hydrogen-bond donors (Lipinski definition) is 2. The van der Waals surface area contributed by atoms with E-state index < -0.39 is 5.91 Å². The molecule has 0 aliphatic heterocycles. The fourth-order valence-electron chi connectivity index (χ4n) is 4.31. The van der Waals surface area contributed by atoms with Crippen LogP contribution in [0.2, 0.25) is 0 Å². The highest BCUT2D eigenvalue weighted by molar-refractivity contribution is 7.99. The topological polar surface area (TPSA) is 116 Å². The Morgan fingerprint density at radius 2 is 1.94 bits per heavy atom. The molecule has 10 heteroatoms. The SMILES string of the molecule is COc1cccc(-n2c(SCC(=O)Nc3ccc(C(N)=O)cc3)nc3sc4c(c3c2=O)CCCC4)c1. The number of carbonyl (C=O) groups is 2. The summed E-state index contributed by atoms with van der Waals surface area (Å²) < 4.78 is 6.95. The van der Waals surface area contributed by atoms with Crippen molar-refractivity contribution >= 4 is 50.8 Å². The van der Waals surface area contributed by atoms with Gasteiger partial charge in [-0.25, -0.2) is 4.98 Å². The summed E-state index contributed by atoms with van der Waals surface area (Å²) in [6.07, 6.45) is 4.03. The van der Waals surface area contributed by atoms with E-state index in [9.17, 15) is 14.4 Å². The lowest BCUT2D eigenvalue weighted by atomic mass is 9.97. The average molecular weight is 521 g/mol. The van der Waals surface area contributed by atoms with Gasteiger partial charge in [0.15, 0.2) is 5.16 Å². The number of amides is 2. The van der Waals surface area contributed by atoms with E-state index in [0.717, 1.165) is 36.1 Å². The number of primary amides is 1. The molecule has 36 heavy (non-hydrogen) atoms. The van der Waals surface area contributed by atoms with Gasteiger partial charge in [0.2, 0.25) is 11.8 Å². The van der Waals surface area contributed by atoms with Gasteiger partial charge in [-0.1, -0.05) is 17.8 Å². The Kier molecular flexibility index (Phi) is 6.80. The van der Waals surface area contributed by atoms with Crippen LogP contribution in [0, 0.1) is 0 Å². The predicted molar refractivity (Wildman–Crippen MR) is 143 cm³/mol. The maximum absolute atomic E-state index is 13.8. The monoisotopic (exact) mass is 520 g/mol. The zero-order valence-electron chi connectivity index (χ0n) is 19.6. The third-order valence-electron chi connectivity index (χ3n) is 6.06. The largest absolute Gasteiger partial charge is 0.497 e. The van der Waals surface area contributed by atoms with Crippen LogP contribution in [0.4, 0.5) is 5.69 Å². The lowest BCUT2D eigenvalue weighted by molar-refractivity contribution is -0.113. The van der Waals surface area contributed by atoms with Gasteiger partial charge in [0.1, 0.15) is 10.6 Å². The molecule has 1 aliphatic carbocycles. The van der Waals surface area contributed by atoms with Gasteiger partial charge in [0.05, 0.1) is 23.9 Å².